The molecule has 1 atom stereocenters. The third kappa shape index (κ3) is 5.60. The summed E-state index contributed by atoms with van der Waals surface area (Å²) in [5, 5.41) is 2.88. The van der Waals surface area contributed by atoms with Crippen LogP contribution in [0.15, 0.2) is 48.5 Å². The summed E-state index contributed by atoms with van der Waals surface area (Å²) in [5.74, 6) is 1.67. The van der Waals surface area contributed by atoms with Gasteiger partial charge < -0.3 is 10.1 Å². The smallest absolute Gasteiger partial charge is 0.237 e. The number of carbonyl (C=O) groups is 1. The van der Waals surface area contributed by atoms with E-state index in [1.807, 2.05) is 38.1 Å². The molecule has 1 N–H and O–H groups in total. The molecule has 0 aromatic heterocycles. The Morgan fingerprint density at radius 1 is 1.21 bits per heavy atom. The van der Waals surface area contributed by atoms with Gasteiger partial charge in [0, 0.05) is 0 Å². The molecule has 1 amide bonds. The number of amides is 1. The first-order chi connectivity index (χ1) is 11.6. The number of hydrogen-bond donors (Lipinski definition) is 1. The molecule has 24 heavy (non-hydrogen) atoms. The van der Waals surface area contributed by atoms with Gasteiger partial charge in [-0.15, -0.1) is 11.8 Å². The van der Waals surface area contributed by atoms with Crippen molar-refractivity contribution < 1.29 is 9.53 Å². The number of benzene rings is 2. The second kappa shape index (κ2) is 9.38. The number of anilines is 1. The summed E-state index contributed by atoms with van der Waals surface area (Å²) >= 11 is 1.69. The molecule has 2 aromatic rings. The molecule has 2 rings (SSSR count). The van der Waals surface area contributed by atoms with Crippen molar-refractivity contribution in [3.8, 4) is 5.75 Å². The third-order valence-electron chi connectivity index (χ3n) is 3.80. The van der Waals surface area contributed by atoms with Gasteiger partial charge in [-0.3, -0.25) is 4.79 Å². The van der Waals surface area contributed by atoms with Gasteiger partial charge >= 0.3 is 0 Å². The number of methoxy groups -OCH3 is 1. The van der Waals surface area contributed by atoms with Crippen molar-refractivity contribution in [1.29, 1.82) is 0 Å². The fraction of sp³-hybridized carbons (Fsp3) is 0.350. The topological polar surface area (TPSA) is 38.3 Å². The van der Waals surface area contributed by atoms with Gasteiger partial charge in [0.25, 0.3) is 0 Å². The summed E-state index contributed by atoms with van der Waals surface area (Å²) in [4.78, 5) is 12.4. The van der Waals surface area contributed by atoms with Crippen LogP contribution < -0.4 is 10.1 Å². The van der Waals surface area contributed by atoms with Gasteiger partial charge in [-0.1, -0.05) is 36.4 Å². The predicted molar refractivity (Wildman–Crippen MR) is 103 cm³/mol. The van der Waals surface area contributed by atoms with Gasteiger partial charge in [0.2, 0.25) is 5.91 Å². The minimum Gasteiger partial charge on any atom is -0.495 e. The Hall–Kier alpha value is -1.94. The Bertz CT molecular complexity index is 658. The van der Waals surface area contributed by atoms with E-state index in [1.54, 1.807) is 18.9 Å². The van der Waals surface area contributed by atoms with Crippen LogP contribution >= 0.6 is 11.8 Å². The SMILES string of the molecule is COc1ccc(C)cc1NC(=O)[C@H](C)SCCCc1ccccc1. The predicted octanol–water partition coefficient (Wildman–Crippen LogP) is 4.70. The van der Waals surface area contributed by atoms with Gasteiger partial charge in [0.15, 0.2) is 0 Å². The van der Waals surface area contributed by atoms with E-state index in [0.29, 0.717) is 5.75 Å². The second-order valence-corrected chi connectivity index (χ2v) is 7.24. The number of nitrogens with one attached hydrogen (secondary N) is 1. The average molecular weight is 343 g/mol. The molecule has 0 heterocycles. The molecule has 0 saturated carbocycles. The van der Waals surface area contributed by atoms with E-state index in [-0.39, 0.29) is 11.2 Å². The fourth-order valence-corrected chi connectivity index (χ4v) is 3.29. The maximum Gasteiger partial charge on any atom is 0.237 e. The first kappa shape index (κ1) is 18.4. The molecule has 3 nitrogen and oxygen atoms in total. The molecule has 0 saturated heterocycles. The van der Waals surface area contributed by atoms with Crippen LogP contribution in [0.4, 0.5) is 5.69 Å². The van der Waals surface area contributed by atoms with Crippen LogP contribution in [0.2, 0.25) is 0 Å². The Balaban J connectivity index is 1.79. The van der Waals surface area contributed by atoms with Crippen molar-refractivity contribution >= 4 is 23.4 Å². The van der Waals surface area contributed by atoms with Crippen LogP contribution in [0, 0.1) is 6.92 Å². The third-order valence-corrected chi connectivity index (χ3v) is 5.04. The largest absolute Gasteiger partial charge is 0.495 e. The van der Waals surface area contributed by atoms with Gasteiger partial charge in [0.05, 0.1) is 18.0 Å². The number of carbonyl (C=O) groups excluding carboxylic acids is 1. The summed E-state index contributed by atoms with van der Waals surface area (Å²) in [5.41, 5.74) is 3.17. The summed E-state index contributed by atoms with van der Waals surface area (Å²) in [6.07, 6.45) is 2.12. The molecule has 0 aliphatic heterocycles. The molecule has 2 aromatic carbocycles. The second-order valence-electron chi connectivity index (χ2n) is 5.80. The Morgan fingerprint density at radius 3 is 2.67 bits per heavy atom. The quantitative estimate of drug-likeness (QED) is 0.706. The van der Waals surface area contributed by atoms with E-state index in [1.165, 1.54) is 5.56 Å². The Kier molecular flexibility index (Phi) is 7.19. The van der Waals surface area contributed by atoms with Gasteiger partial charge in [0.1, 0.15) is 5.75 Å². The molecule has 0 aliphatic carbocycles. The van der Waals surface area contributed by atoms with Crippen molar-refractivity contribution in [1.82, 2.24) is 0 Å². The number of aryl methyl sites for hydroxylation is 2. The number of rotatable bonds is 8. The highest BCUT2D eigenvalue weighted by molar-refractivity contribution is 8.00. The molecule has 0 fully saturated rings. The highest BCUT2D eigenvalue weighted by Gasteiger charge is 2.15. The molecule has 0 unspecified atom stereocenters. The zero-order valence-electron chi connectivity index (χ0n) is 14.5. The average Bonchev–Trinajstić information content (AvgIpc) is 2.59. The van der Waals surface area contributed by atoms with Crippen LogP contribution in [0.1, 0.15) is 24.5 Å². The minimum absolute atomic E-state index is 0.0172. The van der Waals surface area contributed by atoms with E-state index in [2.05, 4.69) is 29.6 Å². The van der Waals surface area contributed by atoms with Crippen LogP contribution in [-0.2, 0) is 11.2 Å². The van der Waals surface area contributed by atoms with Gasteiger partial charge in [-0.2, -0.15) is 0 Å². The molecule has 0 spiro atoms. The van der Waals surface area contributed by atoms with E-state index < -0.39 is 0 Å². The molecule has 128 valence electrons. The first-order valence-corrected chi connectivity index (χ1v) is 9.26. The van der Waals surface area contributed by atoms with E-state index in [9.17, 15) is 4.79 Å². The van der Waals surface area contributed by atoms with Crippen LogP contribution in [0.25, 0.3) is 0 Å². The first-order valence-electron chi connectivity index (χ1n) is 8.21. The number of ether oxygens (including phenoxy) is 1. The lowest BCUT2D eigenvalue weighted by Gasteiger charge is -2.14. The van der Waals surface area contributed by atoms with Crippen molar-refractivity contribution in [3.63, 3.8) is 0 Å². The Labute approximate surface area is 148 Å². The summed E-state index contributed by atoms with van der Waals surface area (Å²) in [6, 6.07) is 16.2. The highest BCUT2D eigenvalue weighted by atomic mass is 32.2. The zero-order chi connectivity index (χ0) is 17.4. The Morgan fingerprint density at radius 2 is 1.96 bits per heavy atom. The molecular weight excluding hydrogens is 318 g/mol. The molecule has 0 bridgehead atoms. The maximum absolute atomic E-state index is 12.4. The van der Waals surface area contributed by atoms with Crippen molar-refractivity contribution in [2.45, 2.75) is 31.9 Å². The van der Waals surface area contributed by atoms with Crippen LogP contribution in [0.3, 0.4) is 0 Å². The van der Waals surface area contributed by atoms with E-state index in [0.717, 1.165) is 29.8 Å². The molecule has 0 aliphatic rings. The lowest BCUT2D eigenvalue weighted by atomic mass is 10.1. The molecule has 4 heteroatoms. The van der Waals surface area contributed by atoms with Gasteiger partial charge in [-0.05, 0) is 55.7 Å². The van der Waals surface area contributed by atoms with Crippen molar-refractivity contribution in [2.75, 3.05) is 18.2 Å². The lowest BCUT2D eigenvalue weighted by Crippen LogP contribution is -2.23. The molecular formula is C20H25NO2S. The number of thioether (sulfide) groups is 1. The normalized spacial score (nSPS) is 11.8. The highest BCUT2D eigenvalue weighted by Crippen LogP contribution is 2.26. The monoisotopic (exact) mass is 343 g/mol. The summed E-state index contributed by atoms with van der Waals surface area (Å²) in [6.45, 7) is 3.95. The summed E-state index contributed by atoms with van der Waals surface area (Å²) < 4.78 is 5.31. The van der Waals surface area contributed by atoms with Gasteiger partial charge in [-0.25, -0.2) is 0 Å². The lowest BCUT2D eigenvalue weighted by molar-refractivity contribution is -0.115. The maximum atomic E-state index is 12.4. The molecule has 0 radical (unpaired) electrons. The van der Waals surface area contributed by atoms with Crippen LogP contribution in [0.5, 0.6) is 5.75 Å². The summed E-state index contributed by atoms with van der Waals surface area (Å²) in [7, 11) is 1.61. The minimum atomic E-state index is -0.0917. The standard InChI is InChI=1S/C20H25NO2S/c1-15-11-12-19(23-3)18(14-15)21-20(22)16(2)24-13-7-10-17-8-5-4-6-9-17/h4-6,8-9,11-12,14,16H,7,10,13H2,1-3H3,(H,21,22)/t16-/m0/s1. The van der Waals surface area contributed by atoms with E-state index >= 15 is 0 Å². The number of hydrogen-bond acceptors (Lipinski definition) is 3. The zero-order valence-corrected chi connectivity index (χ0v) is 15.4. The van der Waals surface area contributed by atoms with Crippen molar-refractivity contribution in [3.05, 3.63) is 59.7 Å². The van der Waals surface area contributed by atoms with Crippen molar-refractivity contribution in [2.24, 2.45) is 0 Å². The van der Waals surface area contributed by atoms with E-state index in [4.69, 9.17) is 4.74 Å². The van der Waals surface area contributed by atoms with Crippen LogP contribution in [-0.4, -0.2) is 24.0 Å². The fourth-order valence-electron chi connectivity index (χ4n) is 2.41.